The fourth-order valence-corrected chi connectivity index (χ4v) is 2.12. The van der Waals surface area contributed by atoms with Crippen molar-refractivity contribution in [2.45, 2.75) is 26.2 Å². The molecule has 0 radical (unpaired) electrons. The lowest BCUT2D eigenvalue weighted by Crippen LogP contribution is -2.12. The molecular formula is C9H13BrFN. The molecule has 0 atom stereocenters. The Bertz CT molecular complexity index is 296. The highest BCUT2D eigenvalue weighted by Crippen LogP contribution is 2.32. The fourth-order valence-electron chi connectivity index (χ4n) is 1.23. The van der Waals surface area contributed by atoms with Gasteiger partial charge in [0.25, 0.3) is 0 Å². The first-order valence-electron chi connectivity index (χ1n) is 3.85. The molecule has 0 saturated carbocycles. The largest absolute Gasteiger partial charge is 0.342 e. The highest BCUT2D eigenvalue weighted by Gasteiger charge is 2.24. The Balaban J connectivity index is 3.32. The van der Waals surface area contributed by atoms with Gasteiger partial charge < -0.3 is 4.57 Å². The summed E-state index contributed by atoms with van der Waals surface area (Å²) in [5.74, 6) is -0.142. The molecule has 0 saturated heterocycles. The van der Waals surface area contributed by atoms with Crippen molar-refractivity contribution in [3.05, 3.63) is 22.2 Å². The lowest BCUT2D eigenvalue weighted by atomic mass is 9.89. The van der Waals surface area contributed by atoms with Crippen LogP contribution < -0.4 is 0 Å². The van der Waals surface area contributed by atoms with Crippen molar-refractivity contribution in [2.24, 2.45) is 7.05 Å². The quantitative estimate of drug-likeness (QED) is 0.649. The van der Waals surface area contributed by atoms with E-state index < -0.39 is 0 Å². The molecule has 0 bridgehead atoms. The van der Waals surface area contributed by atoms with Crippen LogP contribution in [-0.2, 0) is 12.5 Å². The van der Waals surface area contributed by atoms with Gasteiger partial charge in [0.05, 0.1) is 4.60 Å². The first-order valence-corrected chi connectivity index (χ1v) is 4.64. The van der Waals surface area contributed by atoms with E-state index in [9.17, 15) is 4.39 Å². The van der Waals surface area contributed by atoms with E-state index in [2.05, 4.69) is 15.9 Å². The van der Waals surface area contributed by atoms with E-state index in [1.54, 1.807) is 4.57 Å². The van der Waals surface area contributed by atoms with Crippen molar-refractivity contribution in [2.75, 3.05) is 0 Å². The molecule has 3 heteroatoms. The minimum atomic E-state index is -0.149. The van der Waals surface area contributed by atoms with Gasteiger partial charge in [-0.3, -0.25) is 0 Å². The summed E-state index contributed by atoms with van der Waals surface area (Å²) in [6.07, 6.45) is 1.49. The van der Waals surface area contributed by atoms with Crippen molar-refractivity contribution < 1.29 is 4.39 Å². The summed E-state index contributed by atoms with van der Waals surface area (Å²) < 4.78 is 15.9. The number of aryl methyl sites for hydroxylation is 1. The van der Waals surface area contributed by atoms with Crippen molar-refractivity contribution >= 4 is 15.9 Å². The SMILES string of the molecule is Cn1cc(F)c(C(C)(C)C)c1Br. The molecule has 68 valence electrons. The molecule has 0 spiro atoms. The molecule has 0 unspecified atom stereocenters. The third-order valence-corrected chi connectivity index (χ3v) is 2.77. The second-order valence-corrected chi connectivity index (χ2v) is 4.75. The van der Waals surface area contributed by atoms with Gasteiger partial charge >= 0.3 is 0 Å². The summed E-state index contributed by atoms with van der Waals surface area (Å²) in [4.78, 5) is 0. The third-order valence-electron chi connectivity index (χ3n) is 1.81. The maximum atomic E-state index is 13.3. The second-order valence-electron chi connectivity index (χ2n) is 4.00. The first-order chi connectivity index (χ1) is 5.34. The number of rotatable bonds is 0. The van der Waals surface area contributed by atoms with Crippen LogP contribution in [0.1, 0.15) is 26.3 Å². The Hall–Kier alpha value is -0.310. The van der Waals surface area contributed by atoms with E-state index >= 15 is 0 Å². The monoisotopic (exact) mass is 233 g/mol. The van der Waals surface area contributed by atoms with Crippen LogP contribution in [0.2, 0.25) is 0 Å². The number of hydrogen-bond donors (Lipinski definition) is 0. The average molecular weight is 234 g/mol. The summed E-state index contributed by atoms with van der Waals surface area (Å²) in [5.41, 5.74) is 0.592. The van der Waals surface area contributed by atoms with Crippen LogP contribution in [0.15, 0.2) is 10.8 Å². The number of halogens is 2. The molecule has 0 aliphatic heterocycles. The molecule has 0 aliphatic rings. The molecule has 12 heavy (non-hydrogen) atoms. The second kappa shape index (κ2) is 2.87. The first kappa shape index (κ1) is 9.78. The Morgan fingerprint density at radius 3 is 2.08 bits per heavy atom. The summed E-state index contributed by atoms with van der Waals surface area (Å²) in [6, 6.07) is 0. The van der Waals surface area contributed by atoms with Gasteiger partial charge in [0.15, 0.2) is 0 Å². The highest BCUT2D eigenvalue weighted by molar-refractivity contribution is 9.10. The Kier molecular flexibility index (Phi) is 2.34. The molecule has 1 aromatic rings. The molecule has 0 fully saturated rings. The van der Waals surface area contributed by atoms with Gasteiger partial charge in [0.2, 0.25) is 0 Å². The molecule has 1 heterocycles. The predicted octanol–water partition coefficient (Wildman–Crippen LogP) is 3.22. The minimum Gasteiger partial charge on any atom is -0.342 e. The molecular weight excluding hydrogens is 221 g/mol. The van der Waals surface area contributed by atoms with Crippen LogP contribution in [-0.4, -0.2) is 4.57 Å². The van der Waals surface area contributed by atoms with E-state index in [0.29, 0.717) is 0 Å². The summed E-state index contributed by atoms with van der Waals surface area (Å²) in [6.45, 7) is 5.99. The van der Waals surface area contributed by atoms with E-state index in [4.69, 9.17) is 0 Å². The maximum Gasteiger partial charge on any atom is 0.145 e. The molecule has 0 amide bonds. The van der Waals surface area contributed by atoms with Crippen LogP contribution in [0.3, 0.4) is 0 Å². The molecule has 0 aliphatic carbocycles. The summed E-state index contributed by atoms with van der Waals surface area (Å²) >= 11 is 3.36. The van der Waals surface area contributed by atoms with Gasteiger partial charge in [-0.15, -0.1) is 0 Å². The predicted molar refractivity (Wildman–Crippen MR) is 51.8 cm³/mol. The van der Waals surface area contributed by atoms with Crippen LogP contribution in [0.4, 0.5) is 4.39 Å². The van der Waals surface area contributed by atoms with Gasteiger partial charge in [-0.25, -0.2) is 4.39 Å². The zero-order chi connectivity index (χ0) is 9.52. The van der Waals surface area contributed by atoms with Gasteiger partial charge in [0, 0.05) is 18.8 Å². The smallest absolute Gasteiger partial charge is 0.145 e. The molecule has 0 N–H and O–H groups in total. The molecule has 0 aromatic carbocycles. The van der Waals surface area contributed by atoms with Crippen LogP contribution in [0.25, 0.3) is 0 Å². The number of aromatic nitrogens is 1. The third kappa shape index (κ3) is 1.56. The van der Waals surface area contributed by atoms with Gasteiger partial charge in [-0.05, 0) is 21.3 Å². The number of hydrogen-bond acceptors (Lipinski definition) is 0. The van der Waals surface area contributed by atoms with E-state index in [-0.39, 0.29) is 11.2 Å². The van der Waals surface area contributed by atoms with Gasteiger partial charge in [-0.1, -0.05) is 20.8 Å². The van der Waals surface area contributed by atoms with Crippen LogP contribution in [0, 0.1) is 5.82 Å². The van der Waals surface area contributed by atoms with Crippen molar-refractivity contribution in [3.8, 4) is 0 Å². The standard InChI is InChI=1S/C9H13BrFN/c1-9(2,3)7-6(11)5-12(4)8(7)10/h5H,1-4H3. The minimum absolute atomic E-state index is 0.142. The maximum absolute atomic E-state index is 13.3. The lowest BCUT2D eigenvalue weighted by Gasteiger charge is -2.18. The normalized spacial score (nSPS) is 12.2. The summed E-state index contributed by atoms with van der Waals surface area (Å²) in [5, 5.41) is 0. The van der Waals surface area contributed by atoms with Gasteiger partial charge in [0.1, 0.15) is 5.82 Å². The average Bonchev–Trinajstić information content (AvgIpc) is 2.05. The molecule has 1 aromatic heterocycles. The molecule has 1 nitrogen and oxygen atoms in total. The topological polar surface area (TPSA) is 4.93 Å². The summed E-state index contributed by atoms with van der Waals surface area (Å²) in [7, 11) is 1.82. The van der Waals surface area contributed by atoms with E-state index in [1.807, 2.05) is 27.8 Å². The molecule has 1 rings (SSSR count). The zero-order valence-corrected chi connectivity index (χ0v) is 9.37. The van der Waals surface area contributed by atoms with Crippen LogP contribution >= 0.6 is 15.9 Å². The van der Waals surface area contributed by atoms with Crippen molar-refractivity contribution in [1.29, 1.82) is 0 Å². The fraction of sp³-hybridized carbons (Fsp3) is 0.556. The van der Waals surface area contributed by atoms with Crippen molar-refractivity contribution in [1.82, 2.24) is 4.57 Å². The number of nitrogens with zero attached hydrogens (tertiary/aromatic N) is 1. The van der Waals surface area contributed by atoms with E-state index in [1.165, 1.54) is 6.20 Å². The van der Waals surface area contributed by atoms with E-state index in [0.717, 1.165) is 10.2 Å². The highest BCUT2D eigenvalue weighted by atomic mass is 79.9. The van der Waals surface area contributed by atoms with Crippen LogP contribution in [0.5, 0.6) is 0 Å². The Morgan fingerprint density at radius 2 is 1.92 bits per heavy atom. The lowest BCUT2D eigenvalue weighted by molar-refractivity contribution is 0.526. The zero-order valence-electron chi connectivity index (χ0n) is 7.78. The Morgan fingerprint density at radius 1 is 1.42 bits per heavy atom. The van der Waals surface area contributed by atoms with Gasteiger partial charge in [-0.2, -0.15) is 0 Å². The Labute approximate surface area is 80.7 Å². The van der Waals surface area contributed by atoms with Crippen molar-refractivity contribution in [3.63, 3.8) is 0 Å².